The minimum Gasteiger partial charge on any atom is -0.449 e. The lowest BCUT2D eigenvalue weighted by molar-refractivity contribution is -0.123. The molecule has 0 saturated carbocycles. The number of hydrogen-bond acceptors (Lipinski definition) is 4. The molecule has 5 nitrogen and oxygen atoms in total. The first-order valence-electron chi connectivity index (χ1n) is 8.92. The van der Waals surface area contributed by atoms with Gasteiger partial charge in [0.1, 0.15) is 0 Å². The number of carbonyl (C=O) groups excluding carboxylic acids is 3. The van der Waals surface area contributed by atoms with E-state index in [0.29, 0.717) is 16.3 Å². The Morgan fingerprint density at radius 2 is 1.41 bits per heavy atom. The lowest BCUT2D eigenvalue weighted by Crippen LogP contribution is -2.30. The van der Waals surface area contributed by atoms with Crippen molar-refractivity contribution in [2.75, 3.05) is 5.32 Å². The zero-order chi connectivity index (χ0) is 20.8. The molecule has 0 fully saturated rings. The lowest BCUT2D eigenvalue weighted by atomic mass is 9.98. The highest BCUT2D eigenvalue weighted by atomic mass is 35.5. The van der Waals surface area contributed by atoms with Crippen molar-refractivity contribution in [2.24, 2.45) is 0 Å². The third-order valence-electron chi connectivity index (χ3n) is 4.21. The molecule has 1 N–H and O–H groups in total. The maximum atomic E-state index is 12.8. The van der Waals surface area contributed by atoms with Gasteiger partial charge in [-0.15, -0.1) is 0 Å². The van der Waals surface area contributed by atoms with Crippen LogP contribution in [0.2, 0.25) is 5.02 Å². The SMILES string of the molecule is C[C@H](OC(=O)c1ccccc1C(=O)c1ccccc1)C(=O)Nc1ccccc1Cl. The van der Waals surface area contributed by atoms with Crippen LogP contribution in [0, 0.1) is 0 Å². The van der Waals surface area contributed by atoms with Crippen LogP contribution in [0.15, 0.2) is 78.9 Å². The molecule has 0 radical (unpaired) electrons. The number of ether oxygens (including phenoxy) is 1. The molecule has 0 aromatic heterocycles. The van der Waals surface area contributed by atoms with E-state index in [2.05, 4.69) is 5.32 Å². The maximum Gasteiger partial charge on any atom is 0.339 e. The molecule has 0 aliphatic rings. The van der Waals surface area contributed by atoms with Crippen molar-refractivity contribution < 1.29 is 19.1 Å². The number of para-hydroxylation sites is 1. The maximum absolute atomic E-state index is 12.8. The van der Waals surface area contributed by atoms with E-state index in [9.17, 15) is 14.4 Å². The third-order valence-corrected chi connectivity index (χ3v) is 4.54. The second kappa shape index (κ2) is 9.17. The summed E-state index contributed by atoms with van der Waals surface area (Å²) < 4.78 is 5.29. The number of amides is 1. The van der Waals surface area contributed by atoms with Crippen molar-refractivity contribution in [3.8, 4) is 0 Å². The zero-order valence-corrected chi connectivity index (χ0v) is 16.3. The Morgan fingerprint density at radius 3 is 2.10 bits per heavy atom. The highest BCUT2D eigenvalue weighted by Crippen LogP contribution is 2.21. The first-order chi connectivity index (χ1) is 14.0. The Balaban J connectivity index is 1.75. The van der Waals surface area contributed by atoms with E-state index in [1.165, 1.54) is 13.0 Å². The molecule has 0 saturated heterocycles. The molecular formula is C23H18ClNO4. The van der Waals surface area contributed by atoms with Crippen LogP contribution in [-0.2, 0) is 9.53 Å². The monoisotopic (exact) mass is 407 g/mol. The largest absolute Gasteiger partial charge is 0.449 e. The summed E-state index contributed by atoms with van der Waals surface area (Å²) in [6, 6.07) is 21.7. The van der Waals surface area contributed by atoms with E-state index in [1.54, 1.807) is 72.8 Å². The highest BCUT2D eigenvalue weighted by molar-refractivity contribution is 6.33. The van der Waals surface area contributed by atoms with E-state index < -0.39 is 18.0 Å². The number of carbonyl (C=O) groups is 3. The number of nitrogens with one attached hydrogen (secondary N) is 1. The fourth-order valence-corrected chi connectivity index (χ4v) is 2.86. The Bertz CT molecular complexity index is 1050. The number of esters is 1. The molecule has 1 atom stereocenters. The van der Waals surface area contributed by atoms with Crippen LogP contribution in [0.1, 0.15) is 33.2 Å². The van der Waals surface area contributed by atoms with Crippen molar-refractivity contribution in [3.63, 3.8) is 0 Å². The number of ketones is 1. The molecule has 0 bridgehead atoms. The number of benzene rings is 3. The normalized spacial score (nSPS) is 11.4. The van der Waals surface area contributed by atoms with Crippen molar-refractivity contribution in [3.05, 3.63) is 101 Å². The van der Waals surface area contributed by atoms with Crippen molar-refractivity contribution >= 4 is 34.9 Å². The molecule has 3 rings (SSSR count). The molecule has 0 unspecified atom stereocenters. The number of halogens is 1. The molecule has 0 heterocycles. The van der Waals surface area contributed by atoms with Crippen molar-refractivity contribution in [1.82, 2.24) is 0 Å². The number of hydrogen-bond donors (Lipinski definition) is 1. The van der Waals surface area contributed by atoms with Gasteiger partial charge in [-0.05, 0) is 25.1 Å². The molecular weight excluding hydrogens is 390 g/mol. The van der Waals surface area contributed by atoms with Crippen LogP contribution in [0.25, 0.3) is 0 Å². The van der Waals surface area contributed by atoms with E-state index >= 15 is 0 Å². The minimum atomic E-state index is -1.08. The van der Waals surface area contributed by atoms with Crippen LogP contribution in [0.4, 0.5) is 5.69 Å². The number of anilines is 1. The van der Waals surface area contributed by atoms with Gasteiger partial charge >= 0.3 is 5.97 Å². The highest BCUT2D eigenvalue weighted by Gasteiger charge is 2.23. The average molecular weight is 408 g/mol. The summed E-state index contributed by atoms with van der Waals surface area (Å²) in [5, 5.41) is 2.99. The molecule has 0 aliphatic heterocycles. The lowest BCUT2D eigenvalue weighted by Gasteiger charge is -2.15. The third kappa shape index (κ3) is 4.89. The Morgan fingerprint density at radius 1 is 0.828 bits per heavy atom. The standard InChI is InChI=1S/C23H18ClNO4/c1-15(22(27)25-20-14-8-7-13-19(20)24)29-23(28)18-12-6-5-11-17(18)21(26)16-9-3-2-4-10-16/h2-15H,1H3,(H,25,27)/t15-/m0/s1. The molecule has 6 heteroatoms. The van der Waals surface area contributed by atoms with Gasteiger partial charge in [-0.2, -0.15) is 0 Å². The van der Waals surface area contributed by atoms with Gasteiger partial charge in [-0.3, -0.25) is 9.59 Å². The molecule has 29 heavy (non-hydrogen) atoms. The molecule has 3 aromatic rings. The van der Waals surface area contributed by atoms with E-state index in [-0.39, 0.29) is 16.9 Å². The van der Waals surface area contributed by atoms with Crippen LogP contribution < -0.4 is 5.32 Å². The summed E-state index contributed by atoms with van der Waals surface area (Å²) in [4.78, 5) is 37.8. The minimum absolute atomic E-state index is 0.0961. The van der Waals surface area contributed by atoms with Gasteiger partial charge in [0.2, 0.25) is 0 Å². The predicted molar refractivity (Wildman–Crippen MR) is 111 cm³/mol. The van der Waals surface area contributed by atoms with Crippen LogP contribution in [-0.4, -0.2) is 23.8 Å². The van der Waals surface area contributed by atoms with Crippen LogP contribution >= 0.6 is 11.6 Å². The van der Waals surface area contributed by atoms with Gasteiger partial charge in [0.05, 0.1) is 16.3 Å². The van der Waals surface area contributed by atoms with Gasteiger partial charge in [0.15, 0.2) is 11.9 Å². The van der Waals surface area contributed by atoms with Gasteiger partial charge < -0.3 is 10.1 Å². The Kier molecular flexibility index (Phi) is 6.42. The van der Waals surface area contributed by atoms with Gasteiger partial charge in [0.25, 0.3) is 5.91 Å². The summed E-state index contributed by atoms with van der Waals surface area (Å²) in [7, 11) is 0. The fourth-order valence-electron chi connectivity index (χ4n) is 2.68. The molecule has 0 aliphatic carbocycles. The smallest absolute Gasteiger partial charge is 0.339 e. The summed E-state index contributed by atoms with van der Waals surface area (Å²) in [5.41, 5.74) is 1.18. The van der Waals surface area contributed by atoms with E-state index in [0.717, 1.165) is 0 Å². The van der Waals surface area contributed by atoms with Gasteiger partial charge in [-0.25, -0.2) is 4.79 Å². The summed E-state index contributed by atoms with van der Waals surface area (Å²) in [6.07, 6.45) is -1.08. The van der Waals surface area contributed by atoms with Crippen LogP contribution in [0.5, 0.6) is 0 Å². The van der Waals surface area contributed by atoms with Crippen molar-refractivity contribution in [2.45, 2.75) is 13.0 Å². The Hall–Kier alpha value is -3.44. The first kappa shape index (κ1) is 20.3. The van der Waals surface area contributed by atoms with E-state index in [1.807, 2.05) is 0 Å². The average Bonchev–Trinajstić information content (AvgIpc) is 2.75. The second-order valence-corrected chi connectivity index (χ2v) is 6.66. The Labute approximate surface area is 173 Å². The second-order valence-electron chi connectivity index (χ2n) is 6.26. The summed E-state index contributed by atoms with van der Waals surface area (Å²) in [5.74, 6) is -1.59. The first-order valence-corrected chi connectivity index (χ1v) is 9.30. The molecule has 1 amide bonds. The topological polar surface area (TPSA) is 72.5 Å². The molecule has 0 spiro atoms. The summed E-state index contributed by atoms with van der Waals surface area (Å²) in [6.45, 7) is 1.45. The summed E-state index contributed by atoms with van der Waals surface area (Å²) >= 11 is 6.03. The van der Waals surface area contributed by atoms with E-state index in [4.69, 9.17) is 16.3 Å². The number of rotatable bonds is 6. The quantitative estimate of drug-likeness (QED) is 0.472. The fraction of sp³-hybridized carbons (Fsp3) is 0.0870. The van der Waals surface area contributed by atoms with Gasteiger partial charge in [-0.1, -0.05) is 72.3 Å². The van der Waals surface area contributed by atoms with Gasteiger partial charge in [0, 0.05) is 11.1 Å². The zero-order valence-electron chi connectivity index (χ0n) is 15.6. The molecule has 3 aromatic carbocycles. The van der Waals surface area contributed by atoms with Crippen LogP contribution in [0.3, 0.4) is 0 Å². The van der Waals surface area contributed by atoms with Crippen molar-refractivity contribution in [1.29, 1.82) is 0 Å². The predicted octanol–water partition coefficient (Wildman–Crippen LogP) is 4.76. The molecule has 146 valence electrons.